The van der Waals surface area contributed by atoms with Gasteiger partial charge in [0.25, 0.3) is 0 Å². The zero-order valence-electron chi connectivity index (χ0n) is 4.63. The highest BCUT2D eigenvalue weighted by Crippen LogP contribution is 2.35. The normalized spacial score (nSPS) is 24.3. The van der Waals surface area contributed by atoms with E-state index in [4.69, 9.17) is 16.3 Å². The molecule has 1 aliphatic rings. The molecule has 1 aromatic rings. The van der Waals surface area contributed by atoms with Gasteiger partial charge in [0.15, 0.2) is 0 Å². The summed E-state index contributed by atoms with van der Waals surface area (Å²) in [5.41, 5.74) is 0. The van der Waals surface area contributed by atoms with Crippen LogP contribution in [0.25, 0.3) is 0 Å². The standard InChI is InChI=1S/C6H5ClOS/c7-4-1-6(9-3-4)5-2-8-5/h1,3,5H,2H2/t5-/m1/s1. The third-order valence-corrected chi connectivity index (χ3v) is 2.61. The van der Waals surface area contributed by atoms with Gasteiger partial charge in [0, 0.05) is 10.3 Å². The predicted molar refractivity (Wildman–Crippen MR) is 38.0 cm³/mol. The first-order valence-electron chi connectivity index (χ1n) is 2.72. The first-order chi connectivity index (χ1) is 4.36. The minimum atomic E-state index is 0.363. The third kappa shape index (κ3) is 1.11. The highest BCUT2D eigenvalue weighted by atomic mass is 35.5. The van der Waals surface area contributed by atoms with Crippen LogP contribution in [0.15, 0.2) is 11.4 Å². The van der Waals surface area contributed by atoms with E-state index in [0.29, 0.717) is 6.10 Å². The van der Waals surface area contributed by atoms with Gasteiger partial charge in [-0.1, -0.05) is 11.6 Å². The van der Waals surface area contributed by atoms with Crippen LogP contribution in [0.1, 0.15) is 11.0 Å². The van der Waals surface area contributed by atoms with E-state index in [-0.39, 0.29) is 0 Å². The molecular formula is C6H5ClOS. The van der Waals surface area contributed by atoms with E-state index >= 15 is 0 Å². The number of epoxide rings is 1. The van der Waals surface area contributed by atoms with Crippen LogP contribution < -0.4 is 0 Å². The van der Waals surface area contributed by atoms with Gasteiger partial charge in [-0.2, -0.15) is 0 Å². The summed E-state index contributed by atoms with van der Waals surface area (Å²) >= 11 is 7.35. The summed E-state index contributed by atoms with van der Waals surface area (Å²) in [7, 11) is 0. The van der Waals surface area contributed by atoms with E-state index in [9.17, 15) is 0 Å². The van der Waals surface area contributed by atoms with E-state index in [1.165, 1.54) is 4.88 Å². The molecule has 1 atom stereocenters. The van der Waals surface area contributed by atoms with Crippen molar-refractivity contribution in [3.63, 3.8) is 0 Å². The minimum Gasteiger partial charge on any atom is -0.367 e. The Bertz CT molecular complexity index is 217. The van der Waals surface area contributed by atoms with Gasteiger partial charge in [-0.05, 0) is 6.07 Å². The second-order valence-corrected chi connectivity index (χ2v) is 3.37. The lowest BCUT2D eigenvalue weighted by Crippen LogP contribution is -1.66. The summed E-state index contributed by atoms with van der Waals surface area (Å²) in [5, 5.41) is 2.75. The average Bonchev–Trinajstić information content (AvgIpc) is 2.58. The highest BCUT2D eigenvalue weighted by molar-refractivity contribution is 7.10. The van der Waals surface area contributed by atoms with E-state index < -0.39 is 0 Å². The van der Waals surface area contributed by atoms with E-state index in [1.54, 1.807) is 11.3 Å². The fourth-order valence-electron chi connectivity index (χ4n) is 0.709. The molecule has 1 fully saturated rings. The lowest BCUT2D eigenvalue weighted by molar-refractivity contribution is 0.418. The molecule has 2 rings (SSSR count). The lowest BCUT2D eigenvalue weighted by Gasteiger charge is -1.79. The molecule has 1 aliphatic heterocycles. The van der Waals surface area contributed by atoms with Gasteiger partial charge < -0.3 is 4.74 Å². The van der Waals surface area contributed by atoms with E-state index in [0.717, 1.165) is 11.6 Å². The molecule has 1 nitrogen and oxygen atoms in total. The maximum Gasteiger partial charge on any atom is 0.115 e. The highest BCUT2D eigenvalue weighted by Gasteiger charge is 2.25. The Hall–Kier alpha value is -0.0500. The lowest BCUT2D eigenvalue weighted by atomic mass is 10.4. The Labute approximate surface area is 62.2 Å². The van der Waals surface area contributed by atoms with Gasteiger partial charge in [-0.3, -0.25) is 0 Å². The number of hydrogen-bond acceptors (Lipinski definition) is 2. The summed E-state index contributed by atoms with van der Waals surface area (Å²) < 4.78 is 5.06. The Balaban J connectivity index is 2.28. The molecule has 0 aliphatic carbocycles. The molecule has 1 saturated heterocycles. The van der Waals surface area contributed by atoms with Crippen molar-refractivity contribution >= 4 is 22.9 Å². The zero-order valence-corrected chi connectivity index (χ0v) is 6.21. The zero-order chi connectivity index (χ0) is 6.27. The van der Waals surface area contributed by atoms with E-state index in [1.807, 2.05) is 11.4 Å². The topological polar surface area (TPSA) is 12.5 Å². The van der Waals surface area contributed by atoms with Crippen molar-refractivity contribution in [2.24, 2.45) is 0 Å². The maximum atomic E-state index is 5.69. The van der Waals surface area contributed by atoms with Crippen LogP contribution >= 0.6 is 22.9 Å². The van der Waals surface area contributed by atoms with Crippen LogP contribution in [0.5, 0.6) is 0 Å². The fraction of sp³-hybridized carbons (Fsp3) is 0.333. The van der Waals surface area contributed by atoms with Crippen molar-refractivity contribution < 1.29 is 4.74 Å². The van der Waals surface area contributed by atoms with Crippen LogP contribution in [-0.4, -0.2) is 6.61 Å². The van der Waals surface area contributed by atoms with Crippen LogP contribution in [0.2, 0.25) is 5.02 Å². The Kier molecular flexibility index (Phi) is 1.25. The van der Waals surface area contributed by atoms with Crippen LogP contribution in [0.3, 0.4) is 0 Å². The summed E-state index contributed by atoms with van der Waals surface area (Å²) in [4.78, 5) is 1.25. The molecule has 0 unspecified atom stereocenters. The minimum absolute atomic E-state index is 0.363. The Morgan fingerprint density at radius 3 is 3.00 bits per heavy atom. The van der Waals surface area contributed by atoms with Gasteiger partial charge in [0.1, 0.15) is 6.10 Å². The number of rotatable bonds is 1. The van der Waals surface area contributed by atoms with Gasteiger partial charge in [0.05, 0.1) is 11.6 Å². The van der Waals surface area contributed by atoms with Crippen molar-refractivity contribution in [3.8, 4) is 0 Å². The van der Waals surface area contributed by atoms with Gasteiger partial charge in [-0.15, -0.1) is 11.3 Å². The van der Waals surface area contributed by atoms with Gasteiger partial charge >= 0.3 is 0 Å². The molecule has 3 heteroatoms. The molecule has 0 saturated carbocycles. The smallest absolute Gasteiger partial charge is 0.115 e. The molecule has 1 aromatic heterocycles. The van der Waals surface area contributed by atoms with Crippen molar-refractivity contribution in [2.45, 2.75) is 6.10 Å². The maximum absolute atomic E-state index is 5.69. The molecule has 0 aromatic carbocycles. The molecule has 0 N–H and O–H groups in total. The summed E-state index contributed by atoms with van der Waals surface area (Å²) in [5.74, 6) is 0. The molecule has 0 bridgehead atoms. The molecule has 48 valence electrons. The van der Waals surface area contributed by atoms with Crippen molar-refractivity contribution in [2.75, 3.05) is 6.61 Å². The van der Waals surface area contributed by atoms with Crippen LogP contribution in [0.4, 0.5) is 0 Å². The molecule has 0 amide bonds. The fourth-order valence-corrected chi connectivity index (χ4v) is 1.82. The number of ether oxygens (including phenoxy) is 1. The van der Waals surface area contributed by atoms with Crippen LogP contribution in [0, 0.1) is 0 Å². The molecule has 2 heterocycles. The summed E-state index contributed by atoms with van der Waals surface area (Å²) in [6, 6.07) is 1.96. The average molecular weight is 161 g/mol. The van der Waals surface area contributed by atoms with Crippen LogP contribution in [-0.2, 0) is 4.74 Å². The predicted octanol–water partition coefficient (Wildman–Crippen LogP) is 2.47. The number of thiophene rings is 1. The van der Waals surface area contributed by atoms with Gasteiger partial charge in [-0.25, -0.2) is 0 Å². The molecular weight excluding hydrogens is 156 g/mol. The third-order valence-electron chi connectivity index (χ3n) is 1.24. The second kappa shape index (κ2) is 1.97. The van der Waals surface area contributed by atoms with E-state index in [2.05, 4.69) is 0 Å². The van der Waals surface area contributed by atoms with Crippen molar-refractivity contribution in [3.05, 3.63) is 21.3 Å². The number of hydrogen-bond donors (Lipinski definition) is 0. The quantitative estimate of drug-likeness (QED) is 0.575. The Morgan fingerprint density at radius 1 is 1.78 bits per heavy atom. The Morgan fingerprint density at radius 2 is 2.56 bits per heavy atom. The molecule has 0 radical (unpaired) electrons. The number of halogens is 1. The van der Waals surface area contributed by atoms with Gasteiger partial charge in [0.2, 0.25) is 0 Å². The molecule has 9 heavy (non-hydrogen) atoms. The first kappa shape index (κ1) is 5.71. The monoisotopic (exact) mass is 160 g/mol. The SMILES string of the molecule is Clc1csc([C@H]2CO2)c1. The van der Waals surface area contributed by atoms with Crippen molar-refractivity contribution in [1.29, 1.82) is 0 Å². The summed E-state index contributed by atoms with van der Waals surface area (Å²) in [6.45, 7) is 0.872. The van der Waals surface area contributed by atoms with Crippen molar-refractivity contribution in [1.82, 2.24) is 0 Å². The first-order valence-corrected chi connectivity index (χ1v) is 3.97. The molecule has 0 spiro atoms. The largest absolute Gasteiger partial charge is 0.367 e. The summed E-state index contributed by atoms with van der Waals surface area (Å²) in [6.07, 6.45) is 0.363. The second-order valence-electron chi connectivity index (χ2n) is 1.99.